The quantitative estimate of drug-likeness (QED) is 0.438. The summed E-state index contributed by atoms with van der Waals surface area (Å²) in [5, 5.41) is 12.6. The van der Waals surface area contributed by atoms with Gasteiger partial charge in [-0.3, -0.25) is 9.59 Å². The molecule has 7 heteroatoms. The Morgan fingerprint density at radius 1 is 1.24 bits per heavy atom. The van der Waals surface area contributed by atoms with Gasteiger partial charge in [0.15, 0.2) is 0 Å². The van der Waals surface area contributed by atoms with Gasteiger partial charge in [-0.05, 0) is 61.4 Å². The molecule has 0 unspecified atom stereocenters. The second-order valence-electron chi connectivity index (χ2n) is 8.85. The topological polar surface area (TPSA) is 71.3 Å². The van der Waals surface area contributed by atoms with Crippen LogP contribution in [0.25, 0.3) is 10.8 Å². The molecule has 1 atom stereocenters. The van der Waals surface area contributed by atoms with E-state index in [2.05, 4.69) is 5.32 Å². The molecule has 0 aliphatic heterocycles. The molecular formula is C27H28F2N2O3. The summed E-state index contributed by atoms with van der Waals surface area (Å²) in [6, 6.07) is 10.0. The first-order valence-electron chi connectivity index (χ1n) is 11.6. The number of carbonyl (C=O) groups excluding carboxylic acids is 1. The highest BCUT2D eigenvalue weighted by Gasteiger charge is 2.31. The van der Waals surface area contributed by atoms with E-state index in [0.717, 1.165) is 25.5 Å². The fourth-order valence-electron chi connectivity index (χ4n) is 4.65. The number of halogens is 2. The molecule has 1 aliphatic carbocycles. The maximum Gasteiger partial charge on any atom is 0.261 e. The van der Waals surface area contributed by atoms with Crippen molar-refractivity contribution in [2.24, 2.45) is 5.92 Å². The molecule has 0 radical (unpaired) electrons. The Balaban J connectivity index is 1.84. The van der Waals surface area contributed by atoms with E-state index in [4.69, 9.17) is 0 Å². The molecule has 1 aliphatic rings. The summed E-state index contributed by atoms with van der Waals surface area (Å²) in [5.41, 5.74) is 1.26. The van der Waals surface area contributed by atoms with Gasteiger partial charge in [0.1, 0.15) is 11.6 Å². The first-order valence-corrected chi connectivity index (χ1v) is 11.6. The third kappa shape index (κ3) is 4.34. The van der Waals surface area contributed by atoms with Gasteiger partial charge in [0.2, 0.25) is 0 Å². The van der Waals surface area contributed by atoms with Crippen LogP contribution in [0.1, 0.15) is 60.3 Å². The van der Waals surface area contributed by atoms with Crippen LogP contribution in [0.5, 0.6) is 0 Å². The van der Waals surface area contributed by atoms with Crippen molar-refractivity contribution in [1.82, 2.24) is 9.88 Å². The van der Waals surface area contributed by atoms with Gasteiger partial charge in [-0.2, -0.15) is 0 Å². The molecular weight excluding hydrogens is 438 g/mol. The highest BCUT2D eigenvalue weighted by atomic mass is 19.1. The molecule has 0 spiro atoms. The van der Waals surface area contributed by atoms with Gasteiger partial charge in [-0.15, -0.1) is 0 Å². The number of pyridine rings is 1. The SMILES string of the molecule is CC/C(=C\O)Cn1c(C)c(C(=O)N[C@H](c2cccc(F)c2)C2CCC2)c2cccc(F)c2c1=O. The molecule has 1 fully saturated rings. The van der Waals surface area contributed by atoms with Gasteiger partial charge in [-0.1, -0.05) is 37.6 Å². The third-order valence-electron chi connectivity index (χ3n) is 6.85. The first kappa shape index (κ1) is 23.7. The van der Waals surface area contributed by atoms with Gasteiger partial charge in [0, 0.05) is 11.1 Å². The number of benzene rings is 2. The van der Waals surface area contributed by atoms with Crippen LogP contribution < -0.4 is 10.9 Å². The standard InChI is InChI=1S/C27H28F2N2O3/c1-3-17(15-32)14-31-16(2)23(21-11-6-12-22(29)24(21)27(31)34)26(33)30-25(18-7-4-8-18)19-9-5-10-20(28)13-19/h5-6,9-13,15,18,25,32H,3-4,7-8,14H2,1-2H3,(H,30,33)/b17-15+/t25-/m0/s1. The second-order valence-corrected chi connectivity index (χ2v) is 8.85. The van der Waals surface area contributed by atoms with Crippen molar-refractivity contribution in [3.63, 3.8) is 0 Å². The van der Waals surface area contributed by atoms with Crippen LogP contribution in [-0.2, 0) is 6.54 Å². The number of amides is 1. The number of rotatable bonds is 7. The smallest absolute Gasteiger partial charge is 0.261 e. The van der Waals surface area contributed by atoms with Gasteiger partial charge in [0.25, 0.3) is 11.5 Å². The Morgan fingerprint density at radius 3 is 2.59 bits per heavy atom. The van der Waals surface area contributed by atoms with Gasteiger partial charge < -0.3 is 15.0 Å². The van der Waals surface area contributed by atoms with Crippen LogP contribution >= 0.6 is 0 Å². The molecule has 1 amide bonds. The maximum atomic E-state index is 14.8. The fourth-order valence-corrected chi connectivity index (χ4v) is 4.65. The minimum Gasteiger partial charge on any atom is -0.516 e. The summed E-state index contributed by atoms with van der Waals surface area (Å²) in [5.74, 6) is -1.37. The number of fused-ring (bicyclic) bond motifs is 1. The lowest BCUT2D eigenvalue weighted by molar-refractivity contribution is 0.0900. The predicted molar refractivity (Wildman–Crippen MR) is 128 cm³/mol. The number of allylic oxidation sites excluding steroid dienone is 1. The van der Waals surface area contributed by atoms with Crippen molar-refractivity contribution in [1.29, 1.82) is 0 Å². The van der Waals surface area contributed by atoms with Gasteiger partial charge in [-0.25, -0.2) is 8.78 Å². The minimum atomic E-state index is -0.711. The van der Waals surface area contributed by atoms with E-state index in [9.17, 15) is 23.5 Å². The van der Waals surface area contributed by atoms with Crippen molar-refractivity contribution >= 4 is 16.7 Å². The third-order valence-corrected chi connectivity index (χ3v) is 6.85. The van der Waals surface area contributed by atoms with Crippen molar-refractivity contribution in [2.45, 2.75) is 52.1 Å². The normalized spacial score (nSPS) is 15.2. The van der Waals surface area contributed by atoms with Crippen molar-refractivity contribution in [2.75, 3.05) is 0 Å². The number of aromatic nitrogens is 1. The van der Waals surface area contributed by atoms with E-state index in [0.29, 0.717) is 23.3 Å². The largest absolute Gasteiger partial charge is 0.516 e. The molecule has 4 rings (SSSR count). The lowest BCUT2D eigenvalue weighted by Gasteiger charge is -2.35. The fraction of sp³-hybridized carbons (Fsp3) is 0.333. The zero-order chi connectivity index (χ0) is 24.4. The van der Waals surface area contributed by atoms with Crippen molar-refractivity contribution in [3.8, 4) is 0 Å². The number of nitrogens with zero attached hydrogens (tertiary/aromatic N) is 1. The molecule has 1 aromatic heterocycles. The Labute approximate surface area is 196 Å². The average Bonchev–Trinajstić information content (AvgIpc) is 2.77. The van der Waals surface area contributed by atoms with Crippen LogP contribution in [0.2, 0.25) is 0 Å². The minimum absolute atomic E-state index is 0.0399. The van der Waals surface area contributed by atoms with Crippen LogP contribution in [0.3, 0.4) is 0 Å². The summed E-state index contributed by atoms with van der Waals surface area (Å²) in [7, 11) is 0. The summed E-state index contributed by atoms with van der Waals surface area (Å²) < 4.78 is 30.1. The Bertz CT molecular complexity index is 1330. The lowest BCUT2D eigenvalue weighted by Crippen LogP contribution is -2.38. The van der Waals surface area contributed by atoms with E-state index in [1.54, 1.807) is 25.1 Å². The highest BCUT2D eigenvalue weighted by Crippen LogP contribution is 2.38. The summed E-state index contributed by atoms with van der Waals surface area (Å²) in [6.07, 6.45) is 4.29. The monoisotopic (exact) mass is 466 g/mol. The Morgan fingerprint density at radius 2 is 1.97 bits per heavy atom. The summed E-state index contributed by atoms with van der Waals surface area (Å²) in [4.78, 5) is 26.9. The van der Waals surface area contributed by atoms with E-state index < -0.39 is 23.3 Å². The molecule has 3 aromatic rings. The van der Waals surface area contributed by atoms with E-state index in [1.807, 2.05) is 6.92 Å². The average molecular weight is 467 g/mol. The number of nitrogens with one attached hydrogen (secondary N) is 1. The highest BCUT2D eigenvalue weighted by molar-refractivity contribution is 6.08. The second kappa shape index (κ2) is 9.79. The molecule has 34 heavy (non-hydrogen) atoms. The molecule has 5 nitrogen and oxygen atoms in total. The summed E-state index contributed by atoms with van der Waals surface area (Å²) in [6.45, 7) is 3.52. The van der Waals surface area contributed by atoms with Gasteiger partial charge in [0.05, 0.1) is 29.8 Å². The van der Waals surface area contributed by atoms with Gasteiger partial charge >= 0.3 is 0 Å². The Hall–Kier alpha value is -3.48. The summed E-state index contributed by atoms with van der Waals surface area (Å²) >= 11 is 0. The van der Waals surface area contributed by atoms with E-state index >= 15 is 0 Å². The number of hydrogen-bond acceptors (Lipinski definition) is 3. The predicted octanol–water partition coefficient (Wildman–Crippen LogP) is 5.71. The van der Waals surface area contributed by atoms with Crippen LogP contribution in [0.4, 0.5) is 8.78 Å². The number of hydrogen-bond donors (Lipinski definition) is 2. The zero-order valence-electron chi connectivity index (χ0n) is 19.3. The number of aliphatic hydroxyl groups is 1. The van der Waals surface area contributed by atoms with Crippen LogP contribution in [0, 0.1) is 24.5 Å². The molecule has 0 bridgehead atoms. The van der Waals surface area contributed by atoms with Crippen LogP contribution in [-0.4, -0.2) is 15.6 Å². The molecule has 178 valence electrons. The maximum absolute atomic E-state index is 14.8. The molecule has 2 aromatic carbocycles. The zero-order valence-corrected chi connectivity index (χ0v) is 19.3. The Kier molecular flexibility index (Phi) is 6.82. The molecule has 1 saturated carbocycles. The van der Waals surface area contributed by atoms with E-state index in [1.165, 1.54) is 28.8 Å². The molecule has 0 saturated heterocycles. The molecule has 2 N–H and O–H groups in total. The number of aliphatic hydroxyl groups excluding tert-OH is 1. The molecule has 1 heterocycles. The van der Waals surface area contributed by atoms with E-state index in [-0.39, 0.29) is 34.6 Å². The van der Waals surface area contributed by atoms with Crippen LogP contribution in [0.15, 0.2) is 59.1 Å². The number of carbonyl (C=O) groups is 1. The lowest BCUT2D eigenvalue weighted by atomic mass is 9.77. The van der Waals surface area contributed by atoms with Crippen molar-refractivity contribution in [3.05, 3.63) is 93.1 Å². The first-order chi connectivity index (χ1) is 16.3. The van der Waals surface area contributed by atoms with Crippen molar-refractivity contribution < 1.29 is 18.7 Å².